The second kappa shape index (κ2) is 7.99. The van der Waals surface area contributed by atoms with Crippen LogP contribution in [0.15, 0.2) is 0 Å². The summed E-state index contributed by atoms with van der Waals surface area (Å²) in [5.74, 6) is 0. The molecule has 2 aliphatic heterocycles. The van der Waals surface area contributed by atoms with Crippen LogP contribution in [0.5, 0.6) is 0 Å². The molecule has 2 saturated heterocycles. The van der Waals surface area contributed by atoms with Crippen LogP contribution in [-0.4, -0.2) is 99.9 Å². The lowest BCUT2D eigenvalue weighted by Crippen LogP contribution is -2.36. The largest absolute Gasteiger partial charge is 0.394 e. The van der Waals surface area contributed by atoms with Gasteiger partial charge < -0.3 is 38.4 Å². The topological polar surface area (TPSA) is 107 Å². The molecule has 2 heterocycles. The minimum Gasteiger partial charge on any atom is -0.394 e. The minimum atomic E-state index is -3.32. The maximum absolute atomic E-state index is 10.3. The Morgan fingerprint density at radius 3 is 2.57 bits per heavy atom. The van der Waals surface area contributed by atoms with Gasteiger partial charge in [0, 0.05) is 13.5 Å². The van der Waals surface area contributed by atoms with Crippen molar-refractivity contribution in [2.45, 2.75) is 48.9 Å². The van der Waals surface area contributed by atoms with E-state index in [0.29, 0.717) is 6.42 Å². The van der Waals surface area contributed by atoms with Gasteiger partial charge in [-0.1, -0.05) is 0 Å². The van der Waals surface area contributed by atoms with Gasteiger partial charge in [-0.15, -0.1) is 0 Å². The number of hydrogen-bond acceptors (Lipinski definition) is 8. The van der Waals surface area contributed by atoms with Crippen molar-refractivity contribution < 1.29 is 38.4 Å². The zero-order valence-electron chi connectivity index (χ0n) is 13.7. The highest BCUT2D eigenvalue weighted by Crippen LogP contribution is 2.47. The zero-order valence-corrected chi connectivity index (χ0v) is 14.6. The van der Waals surface area contributed by atoms with Crippen LogP contribution in [0.1, 0.15) is 6.42 Å². The third-order valence-electron chi connectivity index (χ3n) is 4.22. The molecule has 0 aromatic carbocycles. The quantitative estimate of drug-likeness (QED) is 0.331. The van der Waals surface area contributed by atoms with Gasteiger partial charge in [0.05, 0.1) is 37.4 Å². The summed E-state index contributed by atoms with van der Waals surface area (Å²) in [5.41, 5.74) is 0. The summed E-state index contributed by atoms with van der Waals surface area (Å²) in [6.07, 6.45) is 1.59. The Labute approximate surface area is 138 Å². The fraction of sp³-hybridized carbons (Fsp3) is 0.917. The van der Waals surface area contributed by atoms with E-state index < -0.39 is 32.0 Å². The summed E-state index contributed by atoms with van der Waals surface area (Å²) in [6, 6.07) is -0.639. The van der Waals surface area contributed by atoms with Gasteiger partial charge in [-0.3, -0.25) is 0 Å². The van der Waals surface area contributed by atoms with E-state index >= 15 is 0 Å². The summed E-state index contributed by atoms with van der Waals surface area (Å²) >= 11 is 0. The molecule has 8 atom stereocenters. The lowest BCUT2D eigenvalue weighted by Gasteiger charge is -2.26. The fourth-order valence-corrected chi connectivity index (χ4v) is 4.04. The number of rotatable bonds is 7. The molecule has 2 fully saturated rings. The predicted octanol–water partition coefficient (Wildman–Crippen LogP) is -2.95. The van der Waals surface area contributed by atoms with Crippen molar-refractivity contribution >= 4 is 29.6 Å². The first kappa shape index (κ1) is 19.4. The fourth-order valence-electron chi connectivity index (χ4n) is 2.92. The highest BCUT2D eigenvalue weighted by molar-refractivity contribution is 7.58. The van der Waals surface area contributed by atoms with Crippen molar-refractivity contribution in [1.29, 1.82) is 0 Å². The van der Waals surface area contributed by atoms with E-state index in [4.69, 9.17) is 28.4 Å². The average Bonchev–Trinajstić information content (AvgIpc) is 2.97. The maximum atomic E-state index is 10.3. The van der Waals surface area contributed by atoms with Crippen molar-refractivity contribution in [2.75, 3.05) is 20.3 Å². The van der Waals surface area contributed by atoms with Crippen LogP contribution in [0.4, 0.5) is 0 Å². The molecule has 0 radical (unpaired) electrons. The van der Waals surface area contributed by atoms with Gasteiger partial charge in [0.15, 0.2) is 0 Å². The monoisotopic (exact) mass is 350 g/mol. The summed E-state index contributed by atoms with van der Waals surface area (Å²) < 4.78 is 27.2. The van der Waals surface area contributed by atoms with E-state index in [1.807, 2.05) is 0 Å². The first-order chi connectivity index (χ1) is 10.8. The van der Waals surface area contributed by atoms with E-state index in [1.165, 1.54) is 7.11 Å². The summed E-state index contributed by atoms with van der Waals surface area (Å²) in [7, 11) is 1.71. The highest BCUT2D eigenvalue weighted by Gasteiger charge is 2.42. The van der Waals surface area contributed by atoms with E-state index in [2.05, 4.69) is 6.30 Å². The number of hydrogen-bond donors (Lipinski definition) is 3. The Balaban J connectivity index is 1.86. The van der Waals surface area contributed by atoms with Crippen molar-refractivity contribution in [3.05, 3.63) is 0 Å². The SMILES string of the molecule is B[C@@H]1O[C@H](CO)C[C@@H]1OP(=C)(O)OC[C@H]1O[C@@H](B)[C@@H](O)C1OC. The second-order valence-electron chi connectivity index (χ2n) is 6.03. The highest BCUT2D eigenvalue weighted by atomic mass is 31.2. The third kappa shape index (κ3) is 4.81. The van der Waals surface area contributed by atoms with Crippen molar-refractivity contribution in [2.24, 2.45) is 0 Å². The van der Waals surface area contributed by atoms with E-state index in [-0.39, 0.29) is 31.3 Å². The number of aliphatic hydroxyl groups is 2. The standard InChI is InChI=1S/C12H25B2O8P/c1-18-10-8(21-12(14)9(10)16)5-19-23(2,17)22-7-3-6(4-15)20-11(7)13/h6-12,15-17H,2-5,13-14H2,1H3/t6-,7-,8+,9-,10?,11+,12+,23?/m0/s1. The number of ether oxygens (including phenoxy) is 3. The van der Waals surface area contributed by atoms with Crippen LogP contribution < -0.4 is 0 Å². The van der Waals surface area contributed by atoms with Crippen LogP contribution >= 0.6 is 7.57 Å². The van der Waals surface area contributed by atoms with Crippen LogP contribution in [0, 0.1) is 0 Å². The molecule has 23 heavy (non-hydrogen) atoms. The van der Waals surface area contributed by atoms with E-state index in [0.717, 1.165) is 0 Å². The molecule has 0 spiro atoms. The average molecular weight is 350 g/mol. The second-order valence-corrected chi connectivity index (χ2v) is 7.77. The molecule has 2 rings (SSSR count). The summed E-state index contributed by atoms with van der Waals surface area (Å²) in [5, 5.41) is 19.0. The van der Waals surface area contributed by atoms with Gasteiger partial charge >= 0.3 is 0 Å². The number of aliphatic hydroxyl groups excluding tert-OH is 2. The van der Waals surface area contributed by atoms with Crippen molar-refractivity contribution in [1.82, 2.24) is 0 Å². The van der Waals surface area contributed by atoms with Crippen molar-refractivity contribution in [3.63, 3.8) is 0 Å². The molecular weight excluding hydrogens is 325 g/mol. The Morgan fingerprint density at radius 2 is 2.00 bits per heavy atom. The molecule has 11 heteroatoms. The van der Waals surface area contributed by atoms with Gasteiger partial charge in [-0.25, -0.2) is 0 Å². The molecule has 0 saturated carbocycles. The molecule has 0 bridgehead atoms. The molecule has 2 aliphatic rings. The third-order valence-corrected chi connectivity index (χ3v) is 5.37. The smallest absolute Gasteiger partial charge is 0.248 e. The Kier molecular flexibility index (Phi) is 6.75. The molecule has 3 N–H and O–H groups in total. The van der Waals surface area contributed by atoms with E-state index in [1.54, 1.807) is 15.7 Å². The molecule has 132 valence electrons. The zero-order chi connectivity index (χ0) is 17.2. The first-order valence-corrected chi connectivity index (χ1v) is 9.45. The normalized spacial score (nSPS) is 43.6. The molecule has 2 unspecified atom stereocenters. The molecule has 0 aromatic rings. The maximum Gasteiger partial charge on any atom is 0.248 e. The first-order valence-electron chi connectivity index (χ1n) is 7.69. The Hall–Kier alpha value is 0.110. The Bertz CT molecular complexity index is 441. The van der Waals surface area contributed by atoms with Crippen molar-refractivity contribution in [3.8, 4) is 0 Å². The van der Waals surface area contributed by atoms with Gasteiger partial charge in [0.25, 0.3) is 0 Å². The van der Waals surface area contributed by atoms with Crippen LogP contribution in [0.2, 0.25) is 0 Å². The van der Waals surface area contributed by atoms with Gasteiger partial charge in [0.1, 0.15) is 34.0 Å². The minimum absolute atomic E-state index is 0.000922. The van der Waals surface area contributed by atoms with Gasteiger partial charge in [0.2, 0.25) is 7.57 Å². The van der Waals surface area contributed by atoms with Gasteiger partial charge in [-0.05, 0) is 6.30 Å². The summed E-state index contributed by atoms with van der Waals surface area (Å²) in [4.78, 5) is 10.3. The van der Waals surface area contributed by atoms with E-state index in [9.17, 15) is 10.00 Å². The van der Waals surface area contributed by atoms with Crippen LogP contribution in [0.3, 0.4) is 0 Å². The lowest BCUT2D eigenvalue weighted by atomic mass is 9.93. The molecule has 0 amide bonds. The predicted molar refractivity (Wildman–Crippen MR) is 90.0 cm³/mol. The van der Waals surface area contributed by atoms with Crippen LogP contribution in [-0.2, 0) is 23.3 Å². The molecular formula is C12H25B2O8P. The summed E-state index contributed by atoms with van der Waals surface area (Å²) in [6.45, 7) is -0.0979. The van der Waals surface area contributed by atoms with Crippen LogP contribution in [0.25, 0.3) is 0 Å². The molecule has 0 aliphatic carbocycles. The number of methoxy groups -OCH3 is 1. The lowest BCUT2D eigenvalue weighted by molar-refractivity contribution is -0.0316. The Morgan fingerprint density at radius 1 is 1.30 bits per heavy atom. The molecule has 0 aromatic heterocycles. The van der Waals surface area contributed by atoms with Gasteiger partial charge in [-0.2, -0.15) is 0 Å². The molecule has 8 nitrogen and oxygen atoms in total.